The van der Waals surface area contributed by atoms with Crippen molar-refractivity contribution in [2.45, 2.75) is 32.6 Å². The van der Waals surface area contributed by atoms with Crippen LogP contribution in [-0.4, -0.2) is 22.2 Å². The molecule has 0 unspecified atom stereocenters. The molecule has 0 fully saturated rings. The molecule has 0 amide bonds. The van der Waals surface area contributed by atoms with Crippen molar-refractivity contribution in [1.29, 1.82) is 0 Å². The zero-order valence-corrected chi connectivity index (χ0v) is 10.8. The zero-order valence-electron chi connectivity index (χ0n) is 10.8. The quantitative estimate of drug-likeness (QED) is 0.609. The maximum atomic E-state index is 11.2. The number of carbonyl (C=O) groups is 2. The van der Waals surface area contributed by atoms with Gasteiger partial charge in [-0.05, 0) is 24.5 Å². The molecule has 19 heavy (non-hydrogen) atoms. The van der Waals surface area contributed by atoms with Crippen LogP contribution in [-0.2, 0) is 6.42 Å². The highest BCUT2D eigenvalue weighted by atomic mass is 16.4. The van der Waals surface area contributed by atoms with Gasteiger partial charge in [-0.15, -0.1) is 6.42 Å². The second-order valence-electron chi connectivity index (χ2n) is 4.23. The summed E-state index contributed by atoms with van der Waals surface area (Å²) in [6.45, 7) is 2.07. The molecule has 0 aliphatic rings. The Balaban J connectivity index is 3.30. The summed E-state index contributed by atoms with van der Waals surface area (Å²) in [5.74, 6) is -0.263. The molecule has 100 valence electrons. The molecular formula is C15H16O4. The Hall–Kier alpha value is -2.28. The van der Waals surface area contributed by atoms with Crippen LogP contribution in [0.1, 0.15) is 58.0 Å². The van der Waals surface area contributed by atoms with Crippen molar-refractivity contribution in [1.82, 2.24) is 0 Å². The third-order valence-corrected chi connectivity index (χ3v) is 2.93. The number of rotatable bonds is 6. The Morgan fingerprint density at radius 2 is 1.89 bits per heavy atom. The summed E-state index contributed by atoms with van der Waals surface area (Å²) in [7, 11) is 0. The van der Waals surface area contributed by atoms with Gasteiger partial charge in [0.2, 0.25) is 0 Å². The number of aromatic carboxylic acids is 2. The molecule has 0 aliphatic heterocycles. The molecule has 0 heterocycles. The van der Waals surface area contributed by atoms with Crippen molar-refractivity contribution < 1.29 is 19.8 Å². The Labute approximate surface area is 112 Å². The first-order valence-corrected chi connectivity index (χ1v) is 6.12. The van der Waals surface area contributed by atoms with Gasteiger partial charge >= 0.3 is 11.9 Å². The fourth-order valence-electron chi connectivity index (χ4n) is 1.98. The molecule has 0 spiro atoms. The van der Waals surface area contributed by atoms with Gasteiger partial charge < -0.3 is 10.2 Å². The van der Waals surface area contributed by atoms with Crippen LogP contribution in [0, 0.1) is 12.3 Å². The van der Waals surface area contributed by atoms with Crippen molar-refractivity contribution in [2.75, 3.05) is 0 Å². The van der Waals surface area contributed by atoms with E-state index in [0.29, 0.717) is 6.42 Å². The first kappa shape index (κ1) is 14.8. The van der Waals surface area contributed by atoms with Gasteiger partial charge in [0.1, 0.15) is 0 Å². The van der Waals surface area contributed by atoms with Gasteiger partial charge in [0.15, 0.2) is 0 Å². The number of benzene rings is 1. The smallest absolute Gasteiger partial charge is 0.337 e. The van der Waals surface area contributed by atoms with E-state index in [2.05, 4.69) is 12.8 Å². The van der Waals surface area contributed by atoms with Crippen LogP contribution in [0.15, 0.2) is 12.1 Å². The van der Waals surface area contributed by atoms with Crippen LogP contribution in [0.2, 0.25) is 0 Å². The number of unbranched alkanes of at least 4 members (excludes halogenated alkanes) is 2. The van der Waals surface area contributed by atoms with E-state index in [1.807, 2.05) is 0 Å². The van der Waals surface area contributed by atoms with E-state index in [4.69, 9.17) is 16.6 Å². The van der Waals surface area contributed by atoms with Crippen LogP contribution in [0.4, 0.5) is 0 Å². The number of carboxylic acid groups (broad SMARTS) is 2. The normalized spacial score (nSPS) is 9.89. The molecule has 0 atom stereocenters. The van der Waals surface area contributed by atoms with E-state index in [1.54, 1.807) is 6.07 Å². The minimum atomic E-state index is -1.30. The first-order chi connectivity index (χ1) is 9.02. The van der Waals surface area contributed by atoms with Crippen LogP contribution in [0.3, 0.4) is 0 Å². The molecule has 4 nitrogen and oxygen atoms in total. The second kappa shape index (κ2) is 6.60. The van der Waals surface area contributed by atoms with Crippen molar-refractivity contribution in [3.8, 4) is 12.3 Å². The lowest BCUT2D eigenvalue weighted by molar-refractivity contribution is 0.0651. The van der Waals surface area contributed by atoms with Crippen molar-refractivity contribution in [2.24, 2.45) is 0 Å². The largest absolute Gasteiger partial charge is 0.478 e. The fourth-order valence-corrected chi connectivity index (χ4v) is 1.98. The molecule has 0 aliphatic carbocycles. The highest BCUT2D eigenvalue weighted by molar-refractivity contribution is 6.03. The van der Waals surface area contributed by atoms with Gasteiger partial charge in [-0.25, -0.2) is 9.59 Å². The maximum absolute atomic E-state index is 11.2. The topological polar surface area (TPSA) is 74.6 Å². The Bertz CT molecular complexity index is 538. The van der Waals surface area contributed by atoms with Crippen molar-refractivity contribution in [3.63, 3.8) is 0 Å². The van der Waals surface area contributed by atoms with E-state index in [-0.39, 0.29) is 16.7 Å². The molecule has 1 aromatic carbocycles. The van der Waals surface area contributed by atoms with Gasteiger partial charge in [-0.3, -0.25) is 0 Å². The maximum Gasteiger partial charge on any atom is 0.337 e. The lowest BCUT2D eigenvalue weighted by Crippen LogP contribution is -2.12. The second-order valence-corrected chi connectivity index (χ2v) is 4.23. The minimum Gasteiger partial charge on any atom is -0.478 e. The summed E-state index contributed by atoms with van der Waals surface area (Å²) in [5.41, 5.74) is 0.352. The van der Waals surface area contributed by atoms with Crippen molar-refractivity contribution >= 4 is 11.9 Å². The summed E-state index contributed by atoms with van der Waals surface area (Å²) in [6, 6.07) is 2.93. The minimum absolute atomic E-state index is 0.184. The van der Waals surface area contributed by atoms with Crippen LogP contribution < -0.4 is 0 Å². The van der Waals surface area contributed by atoms with Crippen LogP contribution in [0.25, 0.3) is 0 Å². The van der Waals surface area contributed by atoms with Gasteiger partial charge in [-0.2, -0.15) is 0 Å². The number of terminal acetylenes is 1. The summed E-state index contributed by atoms with van der Waals surface area (Å²) in [4.78, 5) is 22.3. The van der Waals surface area contributed by atoms with E-state index in [1.165, 1.54) is 6.07 Å². The zero-order chi connectivity index (χ0) is 14.4. The monoisotopic (exact) mass is 260 g/mol. The number of hydrogen-bond donors (Lipinski definition) is 2. The Morgan fingerprint density at radius 1 is 1.21 bits per heavy atom. The highest BCUT2D eigenvalue weighted by Crippen LogP contribution is 2.21. The summed E-state index contributed by atoms with van der Waals surface area (Å²) < 4.78 is 0. The van der Waals surface area contributed by atoms with E-state index >= 15 is 0 Å². The number of carboxylic acids is 2. The SMILES string of the molecule is C#Cc1c(CCCCC)ccc(C(=O)O)c1C(=O)O. The predicted octanol–water partition coefficient (Wildman–Crippen LogP) is 2.80. The molecule has 0 aromatic heterocycles. The van der Waals surface area contributed by atoms with Crippen LogP contribution >= 0.6 is 0 Å². The number of hydrogen-bond acceptors (Lipinski definition) is 2. The standard InChI is InChI=1S/C15H16O4/c1-3-5-6-7-10-8-9-12(14(16)17)13(15(18)19)11(10)4-2/h2,8-9H,3,5-7H2,1H3,(H,16,17)(H,18,19). The first-order valence-electron chi connectivity index (χ1n) is 6.12. The molecule has 2 N–H and O–H groups in total. The predicted molar refractivity (Wildman–Crippen MR) is 71.5 cm³/mol. The summed E-state index contributed by atoms with van der Waals surface area (Å²) in [5, 5.41) is 18.2. The van der Waals surface area contributed by atoms with Gasteiger partial charge in [0.05, 0.1) is 11.1 Å². The molecule has 0 radical (unpaired) electrons. The Kier molecular flexibility index (Phi) is 5.13. The van der Waals surface area contributed by atoms with Crippen molar-refractivity contribution in [3.05, 3.63) is 34.4 Å². The number of aryl methyl sites for hydroxylation is 1. The van der Waals surface area contributed by atoms with E-state index < -0.39 is 11.9 Å². The highest BCUT2D eigenvalue weighted by Gasteiger charge is 2.21. The molecule has 1 aromatic rings. The van der Waals surface area contributed by atoms with E-state index in [0.717, 1.165) is 24.8 Å². The molecule has 4 heteroatoms. The molecule has 0 bridgehead atoms. The van der Waals surface area contributed by atoms with E-state index in [9.17, 15) is 9.59 Å². The van der Waals surface area contributed by atoms with Gasteiger partial charge in [0.25, 0.3) is 0 Å². The van der Waals surface area contributed by atoms with Gasteiger partial charge in [-0.1, -0.05) is 31.8 Å². The lowest BCUT2D eigenvalue weighted by atomic mass is 9.93. The molecular weight excluding hydrogens is 244 g/mol. The average molecular weight is 260 g/mol. The molecule has 0 saturated carbocycles. The van der Waals surface area contributed by atoms with Crippen LogP contribution in [0.5, 0.6) is 0 Å². The Morgan fingerprint density at radius 3 is 2.37 bits per heavy atom. The summed E-state index contributed by atoms with van der Waals surface area (Å²) >= 11 is 0. The third kappa shape index (κ3) is 3.35. The fraction of sp³-hybridized carbons (Fsp3) is 0.333. The van der Waals surface area contributed by atoms with Gasteiger partial charge in [0, 0.05) is 5.56 Å². The third-order valence-electron chi connectivity index (χ3n) is 2.93. The summed E-state index contributed by atoms with van der Waals surface area (Å²) in [6.07, 6.45) is 8.98. The average Bonchev–Trinajstić information content (AvgIpc) is 2.37. The lowest BCUT2D eigenvalue weighted by Gasteiger charge is -2.10. The molecule has 1 rings (SSSR count). The molecule has 0 saturated heterocycles.